The SMILES string of the molecule is Cc1nnc2n1C[C@H](NC(=O)c1cc(Cl)c3c(c1)OCO3)CC2. The molecule has 120 valence electrons. The van der Waals surface area contributed by atoms with Crippen LogP contribution in [0.2, 0.25) is 5.02 Å². The van der Waals surface area contributed by atoms with Crippen molar-refractivity contribution in [1.29, 1.82) is 0 Å². The van der Waals surface area contributed by atoms with Crippen LogP contribution in [0.25, 0.3) is 0 Å². The number of hydrogen-bond acceptors (Lipinski definition) is 5. The number of carbonyl (C=O) groups is 1. The van der Waals surface area contributed by atoms with Gasteiger partial charge in [-0.1, -0.05) is 11.6 Å². The second-order valence-electron chi connectivity index (χ2n) is 5.67. The summed E-state index contributed by atoms with van der Waals surface area (Å²) in [6, 6.07) is 3.29. The van der Waals surface area contributed by atoms with E-state index in [2.05, 4.69) is 15.5 Å². The average Bonchev–Trinajstić information content (AvgIpc) is 3.15. The van der Waals surface area contributed by atoms with Gasteiger partial charge in [-0.25, -0.2) is 0 Å². The predicted molar refractivity (Wildman–Crippen MR) is 81.9 cm³/mol. The van der Waals surface area contributed by atoms with Crippen LogP contribution in [-0.2, 0) is 13.0 Å². The van der Waals surface area contributed by atoms with E-state index in [0.717, 1.165) is 24.5 Å². The minimum atomic E-state index is -0.177. The zero-order valence-corrected chi connectivity index (χ0v) is 13.3. The van der Waals surface area contributed by atoms with E-state index in [4.69, 9.17) is 21.1 Å². The topological polar surface area (TPSA) is 78.3 Å². The van der Waals surface area contributed by atoms with Crippen molar-refractivity contribution >= 4 is 17.5 Å². The fourth-order valence-corrected chi connectivity index (χ4v) is 3.21. The second kappa shape index (κ2) is 5.42. The summed E-state index contributed by atoms with van der Waals surface area (Å²) < 4.78 is 12.6. The predicted octanol–water partition coefficient (Wildman–Crippen LogP) is 1.71. The molecular weight excluding hydrogens is 320 g/mol. The summed E-state index contributed by atoms with van der Waals surface area (Å²) in [6.45, 7) is 2.72. The van der Waals surface area contributed by atoms with Crippen LogP contribution in [0.5, 0.6) is 11.5 Å². The van der Waals surface area contributed by atoms with E-state index in [0.29, 0.717) is 28.6 Å². The van der Waals surface area contributed by atoms with Crippen LogP contribution < -0.4 is 14.8 Å². The maximum absolute atomic E-state index is 12.5. The lowest BCUT2D eigenvalue weighted by atomic mass is 10.1. The molecule has 0 fully saturated rings. The van der Waals surface area contributed by atoms with Crippen LogP contribution in [0.15, 0.2) is 12.1 Å². The lowest BCUT2D eigenvalue weighted by Crippen LogP contribution is -2.41. The van der Waals surface area contributed by atoms with Crippen LogP contribution in [0.4, 0.5) is 0 Å². The fourth-order valence-electron chi connectivity index (χ4n) is 2.95. The Balaban J connectivity index is 1.51. The number of hydrogen-bond donors (Lipinski definition) is 1. The van der Waals surface area contributed by atoms with Crippen molar-refractivity contribution in [1.82, 2.24) is 20.1 Å². The molecule has 1 atom stereocenters. The van der Waals surface area contributed by atoms with E-state index < -0.39 is 0 Å². The molecule has 1 aromatic carbocycles. The second-order valence-corrected chi connectivity index (χ2v) is 6.08. The zero-order valence-electron chi connectivity index (χ0n) is 12.5. The number of fused-ring (bicyclic) bond motifs is 2. The highest BCUT2D eigenvalue weighted by molar-refractivity contribution is 6.32. The molecule has 1 aromatic heterocycles. The highest BCUT2D eigenvalue weighted by atomic mass is 35.5. The number of rotatable bonds is 2. The van der Waals surface area contributed by atoms with Crippen LogP contribution in [0.1, 0.15) is 28.4 Å². The molecule has 7 nitrogen and oxygen atoms in total. The van der Waals surface area contributed by atoms with Crippen molar-refractivity contribution in [2.75, 3.05) is 6.79 Å². The van der Waals surface area contributed by atoms with E-state index in [-0.39, 0.29) is 18.7 Å². The number of halogens is 1. The summed E-state index contributed by atoms with van der Waals surface area (Å²) >= 11 is 6.13. The Bertz CT molecular complexity index is 789. The third kappa shape index (κ3) is 2.50. The molecule has 1 N–H and O–H groups in total. The van der Waals surface area contributed by atoms with Crippen LogP contribution in [0, 0.1) is 6.92 Å². The van der Waals surface area contributed by atoms with Crippen LogP contribution in [0.3, 0.4) is 0 Å². The average molecular weight is 335 g/mol. The van der Waals surface area contributed by atoms with E-state index in [1.165, 1.54) is 0 Å². The third-order valence-corrected chi connectivity index (χ3v) is 4.44. The van der Waals surface area contributed by atoms with Crippen molar-refractivity contribution in [3.8, 4) is 11.5 Å². The fraction of sp³-hybridized carbons (Fsp3) is 0.400. The number of amides is 1. The molecule has 0 unspecified atom stereocenters. The summed E-state index contributed by atoms with van der Waals surface area (Å²) in [5.41, 5.74) is 0.463. The van der Waals surface area contributed by atoms with Crippen molar-refractivity contribution in [3.63, 3.8) is 0 Å². The molecule has 2 aromatic rings. The van der Waals surface area contributed by atoms with E-state index in [1.807, 2.05) is 11.5 Å². The molecule has 3 heterocycles. The number of nitrogens with one attached hydrogen (secondary N) is 1. The molecule has 1 amide bonds. The molecule has 2 aliphatic heterocycles. The van der Waals surface area contributed by atoms with Gasteiger partial charge in [0.25, 0.3) is 5.91 Å². The Morgan fingerprint density at radius 3 is 3.13 bits per heavy atom. The highest BCUT2D eigenvalue weighted by Crippen LogP contribution is 2.39. The summed E-state index contributed by atoms with van der Waals surface area (Å²) in [5.74, 6) is 2.66. The minimum Gasteiger partial charge on any atom is -0.454 e. The van der Waals surface area contributed by atoms with Gasteiger partial charge in [0.05, 0.1) is 5.02 Å². The molecule has 0 saturated heterocycles. The summed E-state index contributed by atoms with van der Waals surface area (Å²) in [5, 5.41) is 11.6. The molecule has 4 rings (SSSR count). The maximum Gasteiger partial charge on any atom is 0.251 e. The van der Waals surface area contributed by atoms with Crippen molar-refractivity contribution in [2.24, 2.45) is 0 Å². The summed E-state index contributed by atoms with van der Waals surface area (Å²) in [6.07, 6.45) is 1.63. The van der Waals surface area contributed by atoms with Crippen LogP contribution >= 0.6 is 11.6 Å². The van der Waals surface area contributed by atoms with Crippen LogP contribution in [-0.4, -0.2) is 33.5 Å². The first-order valence-electron chi connectivity index (χ1n) is 7.40. The van der Waals surface area contributed by atoms with Gasteiger partial charge in [-0.3, -0.25) is 4.79 Å². The van der Waals surface area contributed by atoms with Gasteiger partial charge in [-0.05, 0) is 25.5 Å². The standard InChI is InChI=1S/C15H15ClN4O3/c1-8-18-19-13-3-2-10(6-20(8)13)17-15(21)9-4-11(16)14-12(5-9)22-7-23-14/h4-5,10H,2-3,6-7H2,1H3,(H,17,21)/t10-/m1/s1. The third-order valence-electron chi connectivity index (χ3n) is 4.16. The molecule has 8 heteroatoms. The van der Waals surface area contributed by atoms with Crippen molar-refractivity contribution in [3.05, 3.63) is 34.4 Å². The van der Waals surface area contributed by atoms with Gasteiger partial charge in [-0.2, -0.15) is 0 Å². The van der Waals surface area contributed by atoms with Crippen molar-refractivity contribution in [2.45, 2.75) is 32.4 Å². The lowest BCUT2D eigenvalue weighted by molar-refractivity contribution is 0.0927. The smallest absolute Gasteiger partial charge is 0.251 e. The zero-order chi connectivity index (χ0) is 16.0. The summed E-state index contributed by atoms with van der Waals surface area (Å²) in [7, 11) is 0. The number of benzene rings is 1. The van der Waals surface area contributed by atoms with E-state index in [9.17, 15) is 4.79 Å². The Morgan fingerprint density at radius 2 is 2.26 bits per heavy atom. The van der Waals surface area contributed by atoms with Gasteiger partial charge in [-0.15, -0.1) is 10.2 Å². The maximum atomic E-state index is 12.5. The number of aromatic nitrogens is 3. The van der Waals surface area contributed by atoms with Gasteiger partial charge >= 0.3 is 0 Å². The molecule has 0 aliphatic carbocycles. The number of ether oxygens (including phenoxy) is 2. The minimum absolute atomic E-state index is 0.0360. The Labute approximate surface area is 137 Å². The normalized spacial score (nSPS) is 18.6. The first kappa shape index (κ1) is 14.3. The Morgan fingerprint density at radius 1 is 1.39 bits per heavy atom. The first-order chi connectivity index (χ1) is 11.1. The van der Waals surface area contributed by atoms with Gasteiger partial charge < -0.3 is 19.4 Å². The van der Waals surface area contributed by atoms with Crippen molar-refractivity contribution < 1.29 is 14.3 Å². The molecular formula is C15H15ClN4O3. The molecule has 0 bridgehead atoms. The number of carbonyl (C=O) groups excluding carboxylic acids is 1. The lowest BCUT2D eigenvalue weighted by Gasteiger charge is -2.25. The molecule has 23 heavy (non-hydrogen) atoms. The first-order valence-corrected chi connectivity index (χ1v) is 7.78. The molecule has 0 spiro atoms. The van der Waals surface area contributed by atoms with Gasteiger partial charge in [0.1, 0.15) is 11.6 Å². The number of aryl methyl sites for hydroxylation is 2. The molecule has 0 saturated carbocycles. The molecule has 2 aliphatic rings. The molecule has 0 radical (unpaired) electrons. The van der Waals surface area contributed by atoms with Gasteiger partial charge in [0.2, 0.25) is 6.79 Å². The van der Waals surface area contributed by atoms with Gasteiger partial charge in [0, 0.05) is 24.6 Å². The van der Waals surface area contributed by atoms with E-state index >= 15 is 0 Å². The summed E-state index contributed by atoms with van der Waals surface area (Å²) in [4.78, 5) is 12.5. The highest BCUT2D eigenvalue weighted by Gasteiger charge is 2.25. The largest absolute Gasteiger partial charge is 0.454 e. The monoisotopic (exact) mass is 334 g/mol. The quantitative estimate of drug-likeness (QED) is 0.904. The van der Waals surface area contributed by atoms with E-state index in [1.54, 1.807) is 12.1 Å². The van der Waals surface area contributed by atoms with Gasteiger partial charge in [0.15, 0.2) is 11.5 Å². The Hall–Kier alpha value is -2.28. The number of nitrogens with zero attached hydrogens (tertiary/aromatic N) is 3. The Kier molecular flexibility index (Phi) is 3.37.